The summed E-state index contributed by atoms with van der Waals surface area (Å²) in [6, 6.07) is 14.7. The Bertz CT molecular complexity index is 650. The van der Waals surface area contributed by atoms with Crippen LogP contribution >= 0.6 is 11.6 Å². The number of anilines is 1. The minimum Gasteiger partial charge on any atom is -0.494 e. The molecule has 1 amide bonds. The topological polar surface area (TPSA) is 38.3 Å². The first-order chi connectivity index (χ1) is 10.7. The van der Waals surface area contributed by atoms with Crippen LogP contribution in [0, 0.1) is 0 Å². The van der Waals surface area contributed by atoms with E-state index in [0.29, 0.717) is 17.3 Å². The maximum absolute atomic E-state index is 11.9. The summed E-state index contributed by atoms with van der Waals surface area (Å²) in [5, 5.41) is 3.25. The van der Waals surface area contributed by atoms with E-state index in [2.05, 4.69) is 12.2 Å². The van der Waals surface area contributed by atoms with E-state index in [9.17, 15) is 4.79 Å². The Morgan fingerprint density at radius 1 is 1.18 bits per heavy atom. The lowest BCUT2D eigenvalue weighted by atomic mass is 10.2. The highest BCUT2D eigenvalue weighted by Crippen LogP contribution is 2.20. The monoisotopic (exact) mass is 315 g/mol. The molecule has 0 saturated carbocycles. The van der Waals surface area contributed by atoms with Gasteiger partial charge in [0, 0.05) is 6.08 Å². The lowest BCUT2D eigenvalue weighted by Crippen LogP contribution is -2.07. The number of benzene rings is 2. The largest absolute Gasteiger partial charge is 0.494 e. The molecule has 0 aromatic heterocycles. The Labute approximate surface area is 135 Å². The molecule has 0 aliphatic rings. The number of halogens is 1. The quantitative estimate of drug-likeness (QED) is 0.779. The third-order valence-electron chi connectivity index (χ3n) is 2.91. The van der Waals surface area contributed by atoms with Crippen molar-refractivity contribution in [3.8, 4) is 5.75 Å². The standard InChI is InChI=1S/C18H18ClNO2/c1-2-13-22-15-10-7-14(8-11-15)9-12-18(21)20-17-6-4-3-5-16(17)19/h3-12H,2,13H2,1H3,(H,20,21). The maximum Gasteiger partial charge on any atom is 0.248 e. The van der Waals surface area contributed by atoms with Gasteiger partial charge in [0.2, 0.25) is 5.91 Å². The van der Waals surface area contributed by atoms with Crippen LogP contribution in [0.4, 0.5) is 5.69 Å². The van der Waals surface area contributed by atoms with E-state index >= 15 is 0 Å². The van der Waals surface area contributed by atoms with Gasteiger partial charge in [-0.15, -0.1) is 0 Å². The summed E-state index contributed by atoms with van der Waals surface area (Å²) < 4.78 is 5.51. The lowest BCUT2D eigenvalue weighted by Gasteiger charge is -2.05. The highest BCUT2D eigenvalue weighted by Gasteiger charge is 2.01. The number of nitrogens with one attached hydrogen (secondary N) is 1. The molecule has 0 aliphatic heterocycles. The van der Waals surface area contributed by atoms with Crippen molar-refractivity contribution in [2.24, 2.45) is 0 Å². The van der Waals surface area contributed by atoms with E-state index < -0.39 is 0 Å². The SMILES string of the molecule is CCCOc1ccc(C=CC(=O)Nc2ccccc2Cl)cc1. The van der Waals surface area contributed by atoms with Crippen LogP contribution in [-0.2, 0) is 4.79 Å². The molecule has 3 nitrogen and oxygen atoms in total. The Hall–Kier alpha value is -2.26. The van der Waals surface area contributed by atoms with Crippen molar-refractivity contribution >= 4 is 29.3 Å². The van der Waals surface area contributed by atoms with E-state index in [1.54, 1.807) is 18.2 Å². The normalized spacial score (nSPS) is 10.6. The van der Waals surface area contributed by atoms with Gasteiger partial charge >= 0.3 is 0 Å². The van der Waals surface area contributed by atoms with Gasteiger partial charge in [0.25, 0.3) is 0 Å². The zero-order chi connectivity index (χ0) is 15.8. The summed E-state index contributed by atoms with van der Waals surface area (Å²) in [4.78, 5) is 11.9. The van der Waals surface area contributed by atoms with Gasteiger partial charge in [0.1, 0.15) is 5.75 Å². The molecule has 2 rings (SSSR count). The zero-order valence-corrected chi connectivity index (χ0v) is 13.1. The average molecular weight is 316 g/mol. The summed E-state index contributed by atoms with van der Waals surface area (Å²) in [7, 11) is 0. The molecular weight excluding hydrogens is 298 g/mol. The summed E-state index contributed by atoms with van der Waals surface area (Å²) in [6.07, 6.45) is 4.20. The van der Waals surface area contributed by atoms with Gasteiger partial charge in [0.05, 0.1) is 17.3 Å². The Balaban J connectivity index is 1.93. The van der Waals surface area contributed by atoms with Crippen molar-refractivity contribution in [1.29, 1.82) is 0 Å². The average Bonchev–Trinajstić information content (AvgIpc) is 2.54. The number of carbonyl (C=O) groups is 1. The molecule has 0 bridgehead atoms. The molecule has 2 aromatic carbocycles. The van der Waals surface area contributed by atoms with Crippen molar-refractivity contribution in [2.45, 2.75) is 13.3 Å². The van der Waals surface area contributed by atoms with Crippen molar-refractivity contribution in [2.75, 3.05) is 11.9 Å². The molecule has 0 aliphatic carbocycles. The van der Waals surface area contributed by atoms with Crippen LogP contribution in [0.25, 0.3) is 6.08 Å². The first-order valence-electron chi connectivity index (χ1n) is 7.15. The number of carbonyl (C=O) groups excluding carboxylic acids is 1. The molecule has 0 fully saturated rings. The highest BCUT2D eigenvalue weighted by molar-refractivity contribution is 6.33. The second-order valence-electron chi connectivity index (χ2n) is 4.72. The fourth-order valence-electron chi connectivity index (χ4n) is 1.80. The first-order valence-corrected chi connectivity index (χ1v) is 7.53. The number of hydrogen-bond donors (Lipinski definition) is 1. The molecule has 114 valence electrons. The predicted octanol–water partition coefficient (Wildman–Crippen LogP) is 4.78. The Morgan fingerprint density at radius 2 is 1.91 bits per heavy atom. The van der Waals surface area contributed by atoms with E-state index in [-0.39, 0.29) is 5.91 Å². The second-order valence-corrected chi connectivity index (χ2v) is 5.13. The predicted molar refractivity (Wildman–Crippen MR) is 91.3 cm³/mol. The summed E-state index contributed by atoms with van der Waals surface area (Å²) in [5.41, 5.74) is 1.53. The fraction of sp³-hybridized carbons (Fsp3) is 0.167. The van der Waals surface area contributed by atoms with E-state index in [1.807, 2.05) is 36.4 Å². The molecule has 0 heterocycles. The number of hydrogen-bond acceptors (Lipinski definition) is 2. The van der Waals surface area contributed by atoms with Gasteiger partial charge in [-0.05, 0) is 42.3 Å². The van der Waals surface area contributed by atoms with Gasteiger partial charge in [0.15, 0.2) is 0 Å². The summed E-state index contributed by atoms with van der Waals surface area (Å²) >= 11 is 5.99. The van der Waals surface area contributed by atoms with E-state index in [1.165, 1.54) is 6.08 Å². The smallest absolute Gasteiger partial charge is 0.248 e. The van der Waals surface area contributed by atoms with Crippen LogP contribution in [0.3, 0.4) is 0 Å². The maximum atomic E-state index is 11.9. The summed E-state index contributed by atoms with van der Waals surface area (Å²) in [5.74, 6) is 0.610. The van der Waals surface area contributed by atoms with Gasteiger partial charge in [-0.25, -0.2) is 0 Å². The third-order valence-corrected chi connectivity index (χ3v) is 3.24. The number of amides is 1. The van der Waals surface area contributed by atoms with Crippen LogP contribution in [0.5, 0.6) is 5.75 Å². The van der Waals surface area contributed by atoms with Gasteiger partial charge in [-0.3, -0.25) is 4.79 Å². The lowest BCUT2D eigenvalue weighted by molar-refractivity contribution is -0.111. The third kappa shape index (κ3) is 4.93. The van der Waals surface area contributed by atoms with Crippen molar-refractivity contribution < 1.29 is 9.53 Å². The fourth-order valence-corrected chi connectivity index (χ4v) is 1.99. The number of para-hydroxylation sites is 1. The molecule has 22 heavy (non-hydrogen) atoms. The van der Waals surface area contributed by atoms with Crippen molar-refractivity contribution in [3.63, 3.8) is 0 Å². The van der Waals surface area contributed by atoms with E-state index in [4.69, 9.17) is 16.3 Å². The van der Waals surface area contributed by atoms with Gasteiger partial charge in [-0.1, -0.05) is 42.8 Å². The Kier molecular flexibility index (Phi) is 6.04. The molecule has 0 radical (unpaired) electrons. The molecule has 1 N–H and O–H groups in total. The molecule has 0 saturated heterocycles. The summed E-state index contributed by atoms with van der Waals surface area (Å²) in [6.45, 7) is 2.77. The molecule has 0 spiro atoms. The zero-order valence-electron chi connectivity index (χ0n) is 12.4. The Morgan fingerprint density at radius 3 is 2.59 bits per heavy atom. The number of rotatable bonds is 6. The van der Waals surface area contributed by atoms with Crippen molar-refractivity contribution in [3.05, 3.63) is 65.2 Å². The molecule has 0 unspecified atom stereocenters. The molecule has 4 heteroatoms. The van der Waals surface area contributed by atoms with Crippen molar-refractivity contribution in [1.82, 2.24) is 0 Å². The molecule has 2 aromatic rings. The van der Waals surface area contributed by atoms with Gasteiger partial charge < -0.3 is 10.1 Å². The minimum absolute atomic E-state index is 0.223. The van der Waals surface area contributed by atoms with Crippen LogP contribution < -0.4 is 10.1 Å². The number of ether oxygens (including phenoxy) is 1. The first kappa shape index (κ1) is 16.1. The molecule has 0 atom stereocenters. The van der Waals surface area contributed by atoms with E-state index in [0.717, 1.165) is 17.7 Å². The second kappa shape index (κ2) is 8.25. The van der Waals surface area contributed by atoms with Gasteiger partial charge in [-0.2, -0.15) is 0 Å². The minimum atomic E-state index is -0.223. The van der Waals surface area contributed by atoms with Crippen LogP contribution in [0.1, 0.15) is 18.9 Å². The van der Waals surface area contributed by atoms with Crippen LogP contribution in [0.2, 0.25) is 5.02 Å². The van der Waals surface area contributed by atoms with Crippen LogP contribution in [-0.4, -0.2) is 12.5 Å². The highest BCUT2D eigenvalue weighted by atomic mass is 35.5. The van der Waals surface area contributed by atoms with Crippen LogP contribution in [0.15, 0.2) is 54.6 Å². The molecular formula is C18H18ClNO2.